The van der Waals surface area contributed by atoms with Crippen molar-refractivity contribution in [2.24, 2.45) is 10.7 Å². The van der Waals surface area contributed by atoms with Crippen molar-refractivity contribution in [2.45, 2.75) is 32.7 Å². The SMILES string of the molecule is CCNC(=NCc1cccc(C(N)=O)c1)NCC(C)(C)c1cccc(F)c1. The highest BCUT2D eigenvalue weighted by Crippen LogP contribution is 2.22. The number of primary amides is 1. The summed E-state index contributed by atoms with van der Waals surface area (Å²) in [5.74, 6) is -0.0374. The molecule has 0 atom stereocenters. The summed E-state index contributed by atoms with van der Waals surface area (Å²) in [7, 11) is 0. The maximum atomic E-state index is 13.5. The Morgan fingerprint density at radius 2 is 1.89 bits per heavy atom. The molecule has 0 aliphatic rings. The zero-order valence-corrected chi connectivity index (χ0v) is 16.1. The smallest absolute Gasteiger partial charge is 0.248 e. The van der Waals surface area contributed by atoms with Gasteiger partial charge < -0.3 is 16.4 Å². The van der Waals surface area contributed by atoms with E-state index in [1.165, 1.54) is 6.07 Å². The molecule has 2 rings (SSSR count). The summed E-state index contributed by atoms with van der Waals surface area (Å²) < 4.78 is 13.5. The van der Waals surface area contributed by atoms with E-state index in [9.17, 15) is 9.18 Å². The van der Waals surface area contributed by atoms with Crippen molar-refractivity contribution in [3.8, 4) is 0 Å². The molecule has 0 bridgehead atoms. The zero-order valence-electron chi connectivity index (χ0n) is 16.1. The van der Waals surface area contributed by atoms with Gasteiger partial charge in [0.2, 0.25) is 5.91 Å². The fourth-order valence-electron chi connectivity index (χ4n) is 2.65. The molecule has 4 N–H and O–H groups in total. The molecule has 1 amide bonds. The van der Waals surface area contributed by atoms with Gasteiger partial charge in [0, 0.05) is 24.1 Å². The Morgan fingerprint density at radius 1 is 1.15 bits per heavy atom. The first-order valence-corrected chi connectivity index (χ1v) is 8.99. The van der Waals surface area contributed by atoms with Gasteiger partial charge in [-0.1, -0.05) is 38.1 Å². The van der Waals surface area contributed by atoms with Crippen LogP contribution in [-0.2, 0) is 12.0 Å². The predicted octanol–water partition coefficient (Wildman–Crippen LogP) is 2.96. The molecule has 5 nitrogen and oxygen atoms in total. The number of nitrogens with one attached hydrogen (secondary N) is 2. The third-order valence-corrected chi connectivity index (χ3v) is 4.28. The average molecular weight is 370 g/mol. The van der Waals surface area contributed by atoms with Gasteiger partial charge in [-0.3, -0.25) is 4.79 Å². The summed E-state index contributed by atoms with van der Waals surface area (Å²) in [6.45, 7) is 7.81. The molecule has 27 heavy (non-hydrogen) atoms. The van der Waals surface area contributed by atoms with E-state index in [0.717, 1.165) is 11.1 Å². The standard InChI is InChI=1S/C21H27FN4O/c1-4-24-20(25-13-15-7-5-8-16(11-15)19(23)27)26-14-21(2,3)17-9-6-10-18(22)12-17/h5-12H,4,13-14H2,1-3H3,(H2,23,27)(H2,24,25,26). The number of benzene rings is 2. The Labute approximate surface area is 159 Å². The number of carbonyl (C=O) groups is 1. The third-order valence-electron chi connectivity index (χ3n) is 4.28. The monoisotopic (exact) mass is 370 g/mol. The van der Waals surface area contributed by atoms with Crippen LogP contribution >= 0.6 is 0 Å². The first kappa shape index (κ1) is 20.4. The summed E-state index contributed by atoms with van der Waals surface area (Å²) in [6.07, 6.45) is 0. The molecular weight excluding hydrogens is 343 g/mol. The minimum Gasteiger partial charge on any atom is -0.366 e. The van der Waals surface area contributed by atoms with Crippen molar-refractivity contribution in [2.75, 3.05) is 13.1 Å². The number of halogens is 1. The lowest BCUT2D eigenvalue weighted by Gasteiger charge is -2.27. The largest absolute Gasteiger partial charge is 0.366 e. The maximum Gasteiger partial charge on any atom is 0.248 e. The highest BCUT2D eigenvalue weighted by molar-refractivity contribution is 5.92. The van der Waals surface area contributed by atoms with Gasteiger partial charge in [-0.25, -0.2) is 9.38 Å². The number of hydrogen-bond donors (Lipinski definition) is 3. The Morgan fingerprint density at radius 3 is 2.56 bits per heavy atom. The van der Waals surface area contributed by atoms with E-state index < -0.39 is 5.91 Å². The molecule has 0 spiro atoms. The molecule has 0 aromatic heterocycles. The fraction of sp³-hybridized carbons (Fsp3) is 0.333. The number of carbonyl (C=O) groups excluding carboxylic acids is 1. The Bertz CT molecular complexity index is 817. The van der Waals surface area contributed by atoms with E-state index in [0.29, 0.717) is 31.2 Å². The summed E-state index contributed by atoms with van der Waals surface area (Å²) in [4.78, 5) is 15.9. The van der Waals surface area contributed by atoms with Gasteiger partial charge in [0.1, 0.15) is 5.82 Å². The Hall–Kier alpha value is -2.89. The van der Waals surface area contributed by atoms with Crippen LogP contribution in [0.1, 0.15) is 42.3 Å². The van der Waals surface area contributed by atoms with Crippen LogP contribution in [0.4, 0.5) is 4.39 Å². The van der Waals surface area contributed by atoms with Crippen molar-refractivity contribution < 1.29 is 9.18 Å². The lowest BCUT2D eigenvalue weighted by atomic mass is 9.84. The number of aliphatic imine (C=N–C) groups is 1. The van der Waals surface area contributed by atoms with E-state index in [-0.39, 0.29) is 11.2 Å². The van der Waals surface area contributed by atoms with E-state index in [2.05, 4.69) is 29.5 Å². The van der Waals surface area contributed by atoms with Crippen LogP contribution in [0.2, 0.25) is 0 Å². The second kappa shape index (κ2) is 9.16. The summed E-state index contributed by atoms with van der Waals surface area (Å²) in [5, 5.41) is 6.51. The molecular formula is C21H27FN4O. The second-order valence-electron chi connectivity index (χ2n) is 7.01. The highest BCUT2D eigenvalue weighted by Gasteiger charge is 2.21. The molecule has 144 valence electrons. The number of nitrogens with two attached hydrogens (primary N) is 1. The maximum absolute atomic E-state index is 13.5. The van der Waals surface area contributed by atoms with Gasteiger partial charge in [0.15, 0.2) is 5.96 Å². The molecule has 0 heterocycles. The van der Waals surface area contributed by atoms with Crippen molar-refractivity contribution in [3.05, 3.63) is 71.0 Å². The van der Waals surface area contributed by atoms with E-state index in [1.54, 1.807) is 30.3 Å². The van der Waals surface area contributed by atoms with E-state index in [1.807, 2.05) is 19.1 Å². The molecule has 0 aliphatic carbocycles. The molecule has 0 radical (unpaired) electrons. The quantitative estimate of drug-likeness (QED) is 0.518. The van der Waals surface area contributed by atoms with Gasteiger partial charge in [0.25, 0.3) is 0 Å². The Balaban J connectivity index is 2.07. The summed E-state index contributed by atoms with van der Waals surface area (Å²) >= 11 is 0. The van der Waals surface area contributed by atoms with Gasteiger partial charge in [-0.2, -0.15) is 0 Å². The molecule has 0 unspecified atom stereocenters. The summed E-state index contributed by atoms with van der Waals surface area (Å²) in [6, 6.07) is 13.8. The first-order valence-electron chi connectivity index (χ1n) is 8.99. The molecule has 0 fully saturated rings. The topological polar surface area (TPSA) is 79.5 Å². The number of hydrogen-bond acceptors (Lipinski definition) is 2. The van der Waals surface area contributed by atoms with Crippen molar-refractivity contribution in [1.82, 2.24) is 10.6 Å². The molecule has 6 heteroatoms. The first-order chi connectivity index (χ1) is 12.8. The normalized spacial score (nSPS) is 11.9. The minimum absolute atomic E-state index is 0.240. The van der Waals surface area contributed by atoms with Gasteiger partial charge in [0.05, 0.1) is 6.54 Å². The van der Waals surface area contributed by atoms with Crippen LogP contribution in [0.15, 0.2) is 53.5 Å². The van der Waals surface area contributed by atoms with Gasteiger partial charge in [-0.05, 0) is 42.3 Å². The van der Waals surface area contributed by atoms with Gasteiger partial charge in [-0.15, -0.1) is 0 Å². The highest BCUT2D eigenvalue weighted by atomic mass is 19.1. The molecule has 2 aromatic rings. The lowest BCUT2D eigenvalue weighted by Crippen LogP contribution is -2.43. The van der Waals surface area contributed by atoms with E-state index in [4.69, 9.17) is 5.73 Å². The molecule has 0 aliphatic heterocycles. The number of guanidine groups is 1. The molecule has 0 saturated carbocycles. The lowest BCUT2D eigenvalue weighted by molar-refractivity contribution is 0.1000. The van der Waals surface area contributed by atoms with Gasteiger partial charge >= 0.3 is 0 Å². The predicted molar refractivity (Wildman–Crippen MR) is 107 cm³/mol. The van der Waals surface area contributed by atoms with Crippen LogP contribution in [0.3, 0.4) is 0 Å². The fourth-order valence-corrected chi connectivity index (χ4v) is 2.65. The third kappa shape index (κ3) is 6.09. The summed E-state index contributed by atoms with van der Waals surface area (Å²) in [5.41, 5.74) is 7.33. The molecule has 2 aromatic carbocycles. The van der Waals surface area contributed by atoms with Crippen LogP contribution in [-0.4, -0.2) is 25.0 Å². The van der Waals surface area contributed by atoms with Crippen molar-refractivity contribution in [1.29, 1.82) is 0 Å². The second-order valence-corrected chi connectivity index (χ2v) is 7.01. The number of rotatable bonds is 7. The van der Waals surface area contributed by atoms with Crippen LogP contribution in [0.25, 0.3) is 0 Å². The number of amides is 1. The van der Waals surface area contributed by atoms with Crippen molar-refractivity contribution >= 4 is 11.9 Å². The van der Waals surface area contributed by atoms with Crippen LogP contribution < -0.4 is 16.4 Å². The van der Waals surface area contributed by atoms with Crippen LogP contribution in [0.5, 0.6) is 0 Å². The van der Waals surface area contributed by atoms with Crippen molar-refractivity contribution in [3.63, 3.8) is 0 Å². The Kier molecular flexibility index (Phi) is 6.93. The average Bonchev–Trinajstić information content (AvgIpc) is 2.64. The number of nitrogens with zero attached hydrogens (tertiary/aromatic N) is 1. The zero-order chi connectivity index (χ0) is 19.9. The van der Waals surface area contributed by atoms with E-state index >= 15 is 0 Å². The minimum atomic E-state index is -0.456. The molecule has 0 saturated heterocycles. The van der Waals surface area contributed by atoms with Crippen LogP contribution in [0, 0.1) is 5.82 Å².